The largest absolute Gasteiger partial charge is 0.329 e. The zero-order valence-electron chi connectivity index (χ0n) is 19.9. The molecule has 4 rings (SSSR count). The van der Waals surface area contributed by atoms with Crippen molar-refractivity contribution in [2.24, 2.45) is 11.3 Å². The molecule has 1 aromatic carbocycles. The van der Waals surface area contributed by atoms with Crippen molar-refractivity contribution >= 4 is 40.7 Å². The summed E-state index contributed by atoms with van der Waals surface area (Å²) in [5.74, 6) is 0.383. The molecular formula is C26H33ClN4O2. The fourth-order valence-electron chi connectivity index (χ4n) is 4.62. The number of hydrogen-bond acceptors (Lipinski definition) is 3. The van der Waals surface area contributed by atoms with Crippen LogP contribution >= 0.6 is 11.6 Å². The highest BCUT2D eigenvalue weighted by Gasteiger charge is 2.39. The Morgan fingerprint density at radius 3 is 2.64 bits per heavy atom. The highest BCUT2D eigenvalue weighted by Crippen LogP contribution is 2.41. The molecule has 1 saturated carbocycles. The van der Waals surface area contributed by atoms with E-state index in [0.717, 1.165) is 43.5 Å². The molecule has 2 heterocycles. The zero-order chi connectivity index (χ0) is 23.8. The van der Waals surface area contributed by atoms with E-state index in [1.54, 1.807) is 23.1 Å². The van der Waals surface area contributed by atoms with Gasteiger partial charge < -0.3 is 10.2 Å². The Morgan fingerprint density at radius 2 is 1.97 bits per heavy atom. The van der Waals surface area contributed by atoms with Crippen molar-refractivity contribution in [3.05, 3.63) is 47.1 Å². The Kier molecular flexibility index (Phi) is 6.66. The van der Waals surface area contributed by atoms with Crippen LogP contribution in [0.25, 0.3) is 0 Å². The van der Waals surface area contributed by atoms with Crippen LogP contribution in [-0.2, 0) is 11.3 Å². The van der Waals surface area contributed by atoms with E-state index in [2.05, 4.69) is 19.2 Å². The molecule has 0 radical (unpaired) electrons. The van der Waals surface area contributed by atoms with Crippen molar-refractivity contribution in [1.29, 1.82) is 0 Å². The lowest BCUT2D eigenvalue weighted by atomic mass is 9.75. The molecule has 2 aromatic rings. The van der Waals surface area contributed by atoms with Gasteiger partial charge in [-0.25, -0.2) is 9.78 Å². The van der Waals surface area contributed by atoms with E-state index in [-0.39, 0.29) is 23.9 Å². The van der Waals surface area contributed by atoms with E-state index < -0.39 is 0 Å². The Labute approximate surface area is 201 Å². The smallest absolute Gasteiger partial charge is 0.315 e. The second kappa shape index (κ2) is 9.34. The number of carbonyl (C=O) groups is 2. The van der Waals surface area contributed by atoms with Crippen LogP contribution in [0.3, 0.4) is 0 Å². The summed E-state index contributed by atoms with van der Waals surface area (Å²) in [6.07, 6.45) is 4.89. The summed E-state index contributed by atoms with van der Waals surface area (Å²) in [5.41, 5.74) is 2.54. The van der Waals surface area contributed by atoms with Crippen molar-refractivity contribution in [2.75, 3.05) is 10.2 Å². The Morgan fingerprint density at radius 1 is 1.24 bits per heavy atom. The zero-order valence-corrected chi connectivity index (χ0v) is 20.7. The number of carbonyl (C=O) groups excluding carboxylic acids is 2. The summed E-state index contributed by atoms with van der Waals surface area (Å²) in [5, 5.41) is 3.50. The van der Waals surface area contributed by atoms with E-state index in [4.69, 9.17) is 16.6 Å². The van der Waals surface area contributed by atoms with Gasteiger partial charge in [0.25, 0.3) is 0 Å². The molecule has 3 amide bonds. The minimum atomic E-state index is -0.0885. The number of nitrogens with zero attached hydrogens (tertiary/aromatic N) is 3. The molecule has 0 saturated heterocycles. The number of urea groups is 1. The Bertz CT molecular complexity index is 1040. The highest BCUT2D eigenvalue weighted by molar-refractivity contribution is 6.31. The molecule has 1 aromatic heterocycles. The van der Waals surface area contributed by atoms with Gasteiger partial charge in [-0.05, 0) is 67.9 Å². The molecule has 0 spiro atoms. The van der Waals surface area contributed by atoms with Crippen LogP contribution in [0, 0.1) is 11.3 Å². The molecule has 7 heteroatoms. The summed E-state index contributed by atoms with van der Waals surface area (Å²) >= 11 is 6.27. The number of rotatable bonds is 5. The number of nitrogens with one attached hydrogen (secondary N) is 1. The fraction of sp³-hybridized carbons (Fsp3) is 0.500. The molecule has 2 aliphatic rings. The average Bonchev–Trinajstić information content (AvgIpc) is 2.78. The van der Waals surface area contributed by atoms with E-state index >= 15 is 0 Å². The lowest BCUT2D eigenvalue weighted by molar-refractivity contribution is -0.119. The second-order valence-electron chi connectivity index (χ2n) is 10.1. The van der Waals surface area contributed by atoms with Gasteiger partial charge in [0.15, 0.2) is 0 Å². The summed E-state index contributed by atoms with van der Waals surface area (Å²) in [7, 11) is 0. The van der Waals surface area contributed by atoms with Crippen LogP contribution in [0.2, 0.25) is 5.02 Å². The van der Waals surface area contributed by atoms with Gasteiger partial charge in [0.2, 0.25) is 5.91 Å². The maximum absolute atomic E-state index is 13.8. The molecular weight excluding hydrogens is 436 g/mol. The minimum absolute atomic E-state index is 0.0464. The van der Waals surface area contributed by atoms with E-state index in [0.29, 0.717) is 28.5 Å². The van der Waals surface area contributed by atoms with Gasteiger partial charge in [-0.2, -0.15) is 0 Å². The van der Waals surface area contributed by atoms with Crippen LogP contribution in [0.4, 0.5) is 22.0 Å². The molecule has 1 atom stereocenters. The number of anilines is 3. The van der Waals surface area contributed by atoms with Gasteiger partial charge in [-0.15, -0.1) is 0 Å². The van der Waals surface area contributed by atoms with Crippen LogP contribution in [0.1, 0.15) is 65.5 Å². The molecule has 1 aliphatic carbocycles. The SMILES string of the molecule is CC[C@@H](C)C(=O)Nc1ccc2c(n1)CN(C1CCC(C)(C)CC1)C(=O)N2c1cccc(Cl)c1. The summed E-state index contributed by atoms with van der Waals surface area (Å²) in [6, 6.07) is 11.1. The monoisotopic (exact) mass is 468 g/mol. The molecule has 6 nitrogen and oxygen atoms in total. The lowest BCUT2D eigenvalue weighted by Gasteiger charge is -2.44. The fourth-order valence-corrected chi connectivity index (χ4v) is 4.81. The van der Waals surface area contributed by atoms with Crippen LogP contribution < -0.4 is 10.2 Å². The summed E-state index contributed by atoms with van der Waals surface area (Å²) < 4.78 is 0. The first kappa shape index (κ1) is 23.6. The molecule has 1 aliphatic heterocycles. The van der Waals surface area contributed by atoms with Crippen molar-refractivity contribution in [3.63, 3.8) is 0 Å². The first-order valence-electron chi connectivity index (χ1n) is 11.9. The Hall–Kier alpha value is -2.60. The van der Waals surface area contributed by atoms with Crippen molar-refractivity contribution in [3.8, 4) is 0 Å². The van der Waals surface area contributed by atoms with Crippen molar-refractivity contribution in [1.82, 2.24) is 9.88 Å². The molecule has 33 heavy (non-hydrogen) atoms. The normalized spacial score (nSPS) is 19.2. The van der Waals surface area contributed by atoms with Gasteiger partial charge in [0.1, 0.15) is 5.82 Å². The Balaban J connectivity index is 1.70. The van der Waals surface area contributed by atoms with Gasteiger partial charge >= 0.3 is 6.03 Å². The quantitative estimate of drug-likeness (QED) is 0.527. The second-order valence-corrected chi connectivity index (χ2v) is 10.5. The predicted octanol–water partition coefficient (Wildman–Crippen LogP) is 6.76. The number of halogens is 1. The summed E-state index contributed by atoms with van der Waals surface area (Å²) in [6.45, 7) is 8.91. The van der Waals surface area contributed by atoms with E-state index in [1.165, 1.54) is 0 Å². The number of aromatic nitrogens is 1. The highest BCUT2D eigenvalue weighted by atomic mass is 35.5. The topological polar surface area (TPSA) is 65.5 Å². The number of fused-ring (bicyclic) bond motifs is 1. The molecule has 1 fully saturated rings. The molecule has 0 unspecified atom stereocenters. The molecule has 1 N–H and O–H groups in total. The predicted molar refractivity (Wildman–Crippen MR) is 133 cm³/mol. The minimum Gasteiger partial charge on any atom is -0.315 e. The molecule has 176 valence electrons. The first-order chi connectivity index (χ1) is 15.7. The third-order valence-corrected chi connectivity index (χ3v) is 7.31. The maximum atomic E-state index is 13.8. The number of amides is 3. The number of pyridine rings is 1. The molecule has 0 bridgehead atoms. The standard InChI is InChI=1S/C26H33ClN4O2/c1-5-17(2)24(32)29-23-10-9-22-21(28-23)16-30(19-11-13-26(3,4)14-12-19)25(33)31(22)20-8-6-7-18(27)15-20/h6-10,15,17,19H,5,11-14,16H2,1-4H3,(H,28,29,32)/t17-/m1/s1. The van der Waals surface area contributed by atoms with Crippen molar-refractivity contribution in [2.45, 2.75) is 72.4 Å². The van der Waals surface area contributed by atoms with Gasteiger partial charge in [0.05, 0.1) is 23.6 Å². The van der Waals surface area contributed by atoms with Gasteiger partial charge in [0, 0.05) is 17.0 Å². The third kappa shape index (κ3) is 5.01. The first-order valence-corrected chi connectivity index (χ1v) is 12.2. The van der Waals surface area contributed by atoms with Crippen LogP contribution in [0.5, 0.6) is 0 Å². The van der Waals surface area contributed by atoms with E-state index in [1.807, 2.05) is 36.9 Å². The lowest BCUT2D eigenvalue weighted by Crippen LogP contribution is -2.51. The van der Waals surface area contributed by atoms with Crippen LogP contribution in [-0.4, -0.2) is 27.9 Å². The van der Waals surface area contributed by atoms with Gasteiger partial charge in [-0.1, -0.05) is 45.4 Å². The van der Waals surface area contributed by atoms with Crippen molar-refractivity contribution < 1.29 is 9.59 Å². The maximum Gasteiger partial charge on any atom is 0.329 e. The number of hydrogen-bond donors (Lipinski definition) is 1. The van der Waals surface area contributed by atoms with Gasteiger partial charge in [-0.3, -0.25) is 9.69 Å². The number of benzene rings is 1. The average molecular weight is 469 g/mol. The van der Waals surface area contributed by atoms with E-state index in [9.17, 15) is 9.59 Å². The van der Waals surface area contributed by atoms with Crippen LogP contribution in [0.15, 0.2) is 36.4 Å². The summed E-state index contributed by atoms with van der Waals surface area (Å²) in [4.78, 5) is 34.6. The third-order valence-electron chi connectivity index (χ3n) is 7.08.